The summed E-state index contributed by atoms with van der Waals surface area (Å²) in [6, 6.07) is 3.33. The highest BCUT2D eigenvalue weighted by Gasteiger charge is 2.41. The number of nitrogens with one attached hydrogen (secondary N) is 1. The molecular weight excluding hydrogens is 338 g/mol. The number of guanidine groups is 1. The van der Waals surface area contributed by atoms with Gasteiger partial charge in [-0.1, -0.05) is 13.8 Å². The first-order valence-electron chi connectivity index (χ1n) is 8.54. The Bertz CT molecular complexity index is 759. The quantitative estimate of drug-likeness (QED) is 0.611. The first-order chi connectivity index (χ1) is 12.4. The summed E-state index contributed by atoms with van der Waals surface area (Å²) < 4.78 is 16.1. The molecule has 3 rings (SSSR count). The second kappa shape index (κ2) is 7.23. The van der Waals surface area contributed by atoms with Crippen LogP contribution < -0.4 is 14.8 Å². The van der Waals surface area contributed by atoms with Gasteiger partial charge in [-0.2, -0.15) is 0 Å². The first-order valence-corrected chi connectivity index (χ1v) is 8.54. The summed E-state index contributed by atoms with van der Waals surface area (Å²) in [5, 5.41) is 2.85. The number of rotatable bonds is 6. The lowest BCUT2D eigenvalue weighted by molar-refractivity contribution is -0.141. The van der Waals surface area contributed by atoms with Gasteiger partial charge < -0.3 is 19.1 Å². The maximum Gasteiger partial charge on any atom is 0.302 e. The van der Waals surface area contributed by atoms with Gasteiger partial charge in [-0.3, -0.25) is 14.9 Å². The molecule has 0 radical (unpaired) electrons. The molecule has 0 spiro atoms. The lowest BCUT2D eigenvalue weighted by Crippen LogP contribution is -2.40. The Morgan fingerprint density at radius 1 is 1.38 bits per heavy atom. The number of methoxy groups -OCH3 is 1. The van der Waals surface area contributed by atoms with E-state index < -0.39 is 0 Å². The van der Waals surface area contributed by atoms with E-state index in [4.69, 9.17) is 14.2 Å². The highest BCUT2D eigenvalue weighted by molar-refractivity contribution is 6.08. The van der Waals surface area contributed by atoms with Gasteiger partial charge in [0, 0.05) is 12.5 Å². The molecule has 1 aromatic rings. The van der Waals surface area contributed by atoms with Crippen LogP contribution in [-0.2, 0) is 20.9 Å². The van der Waals surface area contributed by atoms with Crippen LogP contribution in [0.25, 0.3) is 0 Å². The number of carbonyl (C=O) groups excluding carboxylic acids is 2. The Labute approximate surface area is 152 Å². The summed E-state index contributed by atoms with van der Waals surface area (Å²) in [4.78, 5) is 29.6. The minimum absolute atomic E-state index is 0.0385. The number of carbonyl (C=O) groups is 2. The van der Waals surface area contributed by atoms with Gasteiger partial charge in [-0.05, 0) is 18.1 Å². The second-order valence-electron chi connectivity index (χ2n) is 6.52. The molecule has 2 aliphatic heterocycles. The SMILES string of the molecule is COc1c(OCCOC(C)=O)ccc2c1CN1C(=N2)NC(=O)C1C(C)C. The van der Waals surface area contributed by atoms with Crippen LogP contribution in [0.15, 0.2) is 17.1 Å². The third-order valence-corrected chi connectivity index (χ3v) is 4.35. The molecule has 1 fully saturated rings. The zero-order chi connectivity index (χ0) is 18.8. The van der Waals surface area contributed by atoms with Crippen LogP contribution in [0.1, 0.15) is 26.3 Å². The van der Waals surface area contributed by atoms with Gasteiger partial charge in [0.05, 0.1) is 19.3 Å². The number of hydrogen-bond donors (Lipinski definition) is 1. The molecule has 1 atom stereocenters. The Hall–Kier alpha value is -2.77. The van der Waals surface area contributed by atoms with Crippen molar-refractivity contribution < 1.29 is 23.8 Å². The van der Waals surface area contributed by atoms with Crippen LogP contribution in [0.3, 0.4) is 0 Å². The van der Waals surface area contributed by atoms with E-state index in [1.807, 2.05) is 24.8 Å². The van der Waals surface area contributed by atoms with Crippen LogP contribution in [0, 0.1) is 5.92 Å². The minimum Gasteiger partial charge on any atom is -0.492 e. The van der Waals surface area contributed by atoms with E-state index in [0.29, 0.717) is 24.0 Å². The van der Waals surface area contributed by atoms with Crippen molar-refractivity contribution >= 4 is 23.5 Å². The molecule has 0 aromatic heterocycles. The summed E-state index contributed by atoms with van der Waals surface area (Å²) in [5.41, 5.74) is 1.61. The van der Waals surface area contributed by atoms with Crippen LogP contribution in [0.4, 0.5) is 5.69 Å². The van der Waals surface area contributed by atoms with Crippen molar-refractivity contribution in [1.29, 1.82) is 0 Å². The summed E-state index contributed by atoms with van der Waals surface area (Å²) in [5.74, 6) is 1.47. The Morgan fingerprint density at radius 3 is 2.81 bits per heavy atom. The standard InChI is InChI=1S/C18H23N3O5/c1-10(2)15-17(23)20-18-19-13-5-6-14(26-8-7-25-11(3)22)16(24-4)12(13)9-21(15)18/h5-6,10,15H,7-9H2,1-4H3,(H,19,20,23). The van der Waals surface area contributed by atoms with E-state index in [9.17, 15) is 9.59 Å². The number of fused-ring (bicyclic) bond motifs is 2. The summed E-state index contributed by atoms with van der Waals surface area (Å²) >= 11 is 0. The number of amides is 1. The van der Waals surface area contributed by atoms with Gasteiger partial charge in [-0.15, -0.1) is 0 Å². The number of aliphatic imine (C=N–C) groups is 1. The molecule has 0 saturated carbocycles. The van der Waals surface area contributed by atoms with Gasteiger partial charge in [0.1, 0.15) is 19.3 Å². The fraction of sp³-hybridized carbons (Fsp3) is 0.500. The van der Waals surface area contributed by atoms with Crippen LogP contribution in [0.5, 0.6) is 11.5 Å². The monoisotopic (exact) mass is 361 g/mol. The van der Waals surface area contributed by atoms with Crippen molar-refractivity contribution in [2.75, 3.05) is 20.3 Å². The van der Waals surface area contributed by atoms with Crippen LogP contribution in [-0.4, -0.2) is 49.1 Å². The maximum atomic E-state index is 12.3. The molecule has 1 N–H and O–H groups in total. The molecular formula is C18H23N3O5. The van der Waals surface area contributed by atoms with E-state index in [2.05, 4.69) is 10.3 Å². The van der Waals surface area contributed by atoms with Crippen molar-refractivity contribution in [3.8, 4) is 11.5 Å². The average molecular weight is 361 g/mol. The minimum atomic E-state index is -0.348. The number of nitrogens with zero attached hydrogens (tertiary/aromatic N) is 2. The molecule has 1 saturated heterocycles. The van der Waals surface area contributed by atoms with Gasteiger partial charge in [0.2, 0.25) is 11.9 Å². The Balaban J connectivity index is 1.85. The van der Waals surface area contributed by atoms with Crippen molar-refractivity contribution in [2.24, 2.45) is 10.9 Å². The van der Waals surface area contributed by atoms with E-state index in [1.54, 1.807) is 13.2 Å². The fourth-order valence-electron chi connectivity index (χ4n) is 3.27. The highest BCUT2D eigenvalue weighted by atomic mass is 16.6. The molecule has 140 valence electrons. The average Bonchev–Trinajstić information content (AvgIpc) is 2.90. The number of esters is 1. The topological polar surface area (TPSA) is 89.5 Å². The Kier molecular flexibility index (Phi) is 5.01. The van der Waals surface area contributed by atoms with Gasteiger partial charge in [0.25, 0.3) is 0 Å². The van der Waals surface area contributed by atoms with Crippen molar-refractivity contribution in [1.82, 2.24) is 10.2 Å². The van der Waals surface area contributed by atoms with Gasteiger partial charge in [0.15, 0.2) is 11.5 Å². The second-order valence-corrected chi connectivity index (χ2v) is 6.52. The lowest BCUT2D eigenvalue weighted by Gasteiger charge is -2.30. The van der Waals surface area contributed by atoms with E-state index in [1.165, 1.54) is 6.92 Å². The number of ether oxygens (including phenoxy) is 3. The summed E-state index contributed by atoms with van der Waals surface area (Å²) in [7, 11) is 1.57. The third-order valence-electron chi connectivity index (χ3n) is 4.35. The fourth-order valence-corrected chi connectivity index (χ4v) is 3.27. The molecule has 0 bridgehead atoms. The van der Waals surface area contributed by atoms with Gasteiger partial charge in [-0.25, -0.2) is 4.99 Å². The van der Waals surface area contributed by atoms with E-state index in [-0.39, 0.29) is 37.0 Å². The van der Waals surface area contributed by atoms with Crippen molar-refractivity contribution in [2.45, 2.75) is 33.4 Å². The molecule has 8 heteroatoms. The maximum absolute atomic E-state index is 12.3. The molecule has 0 aliphatic carbocycles. The van der Waals surface area contributed by atoms with E-state index >= 15 is 0 Å². The Morgan fingerprint density at radius 2 is 2.15 bits per heavy atom. The number of hydrogen-bond acceptors (Lipinski definition) is 7. The van der Waals surface area contributed by atoms with Crippen LogP contribution >= 0.6 is 0 Å². The third kappa shape index (κ3) is 3.31. The zero-order valence-corrected chi connectivity index (χ0v) is 15.4. The lowest BCUT2D eigenvalue weighted by atomic mass is 10.0. The van der Waals surface area contributed by atoms with Crippen LogP contribution in [0.2, 0.25) is 0 Å². The molecule has 1 aromatic carbocycles. The molecule has 2 aliphatic rings. The molecule has 1 unspecified atom stereocenters. The van der Waals surface area contributed by atoms with Crippen molar-refractivity contribution in [3.05, 3.63) is 17.7 Å². The molecule has 26 heavy (non-hydrogen) atoms. The predicted octanol–water partition coefficient (Wildman–Crippen LogP) is 1.59. The smallest absolute Gasteiger partial charge is 0.302 e. The van der Waals surface area contributed by atoms with Crippen molar-refractivity contribution in [3.63, 3.8) is 0 Å². The summed E-state index contributed by atoms with van der Waals surface area (Å²) in [6.07, 6.45) is 0. The molecule has 1 amide bonds. The summed E-state index contributed by atoms with van der Waals surface area (Å²) in [6.45, 7) is 6.26. The van der Waals surface area contributed by atoms with E-state index in [0.717, 1.165) is 11.3 Å². The zero-order valence-electron chi connectivity index (χ0n) is 15.4. The normalized spacial score (nSPS) is 18.0. The number of benzene rings is 1. The molecule has 8 nitrogen and oxygen atoms in total. The first kappa shape index (κ1) is 18.0. The van der Waals surface area contributed by atoms with Gasteiger partial charge >= 0.3 is 5.97 Å². The largest absolute Gasteiger partial charge is 0.492 e. The highest BCUT2D eigenvalue weighted by Crippen LogP contribution is 2.41. The predicted molar refractivity (Wildman–Crippen MR) is 94.5 cm³/mol. The molecule has 2 heterocycles.